The molecule has 0 saturated carbocycles. The van der Waals surface area contributed by atoms with E-state index in [1.165, 1.54) is 0 Å². The number of hydrogen-bond donors (Lipinski definition) is 1. The molecule has 0 radical (unpaired) electrons. The van der Waals surface area contributed by atoms with Crippen molar-refractivity contribution in [1.82, 2.24) is 5.32 Å². The van der Waals surface area contributed by atoms with E-state index in [1.807, 2.05) is 0 Å². The number of nitrogens with one attached hydrogen (secondary N) is 1. The van der Waals surface area contributed by atoms with Gasteiger partial charge in [0.15, 0.2) is 0 Å². The number of carbonyl (C=O) groups excluding carboxylic acids is 1. The lowest BCUT2D eigenvalue weighted by atomic mass is 10.1. The van der Waals surface area contributed by atoms with Gasteiger partial charge in [-0.05, 0) is 54.4 Å². The van der Waals surface area contributed by atoms with Gasteiger partial charge in [-0.2, -0.15) is 0 Å². The number of carbonyl (C=O) groups is 1. The molecule has 1 rings (SSSR count). The number of alkyl halides is 1. The number of hydrogen-bond acceptors (Lipinski definition) is 4. The number of nitrogens with zero attached hydrogens (tertiary/aromatic N) is 1. The predicted octanol–water partition coefficient (Wildman–Crippen LogP) is 3.90. The Morgan fingerprint density at radius 2 is 1.90 bits per heavy atom. The van der Waals surface area contributed by atoms with Gasteiger partial charge in [0.2, 0.25) is 0 Å². The van der Waals surface area contributed by atoms with Gasteiger partial charge in [-0.15, -0.1) is 0 Å². The van der Waals surface area contributed by atoms with Crippen LogP contribution in [0.2, 0.25) is 5.02 Å². The van der Waals surface area contributed by atoms with E-state index >= 15 is 0 Å². The molecular weight excluding hydrogens is 364 g/mol. The summed E-state index contributed by atoms with van der Waals surface area (Å²) in [7, 11) is 0. The first-order valence-electron chi connectivity index (χ1n) is 6.12. The van der Waals surface area contributed by atoms with Crippen LogP contribution < -0.4 is 5.32 Å². The average Bonchev–Trinajstić information content (AvgIpc) is 2.34. The highest BCUT2D eigenvalue weighted by molar-refractivity contribution is 9.09. The van der Waals surface area contributed by atoms with Crippen molar-refractivity contribution in [3.63, 3.8) is 0 Å². The first-order chi connectivity index (χ1) is 9.60. The second-order valence-corrected chi connectivity index (χ2v) is 6.71. The third-order valence-corrected chi connectivity index (χ3v) is 3.49. The van der Waals surface area contributed by atoms with Crippen molar-refractivity contribution in [3.8, 4) is 0 Å². The Labute approximate surface area is 136 Å². The molecule has 1 aromatic rings. The van der Waals surface area contributed by atoms with Gasteiger partial charge in [0.25, 0.3) is 4.95 Å². The normalized spacial score (nSPS) is 14.1. The van der Waals surface area contributed by atoms with Gasteiger partial charge in [-0.1, -0.05) is 23.7 Å². The summed E-state index contributed by atoms with van der Waals surface area (Å²) in [6.45, 7) is 5.13. The summed E-state index contributed by atoms with van der Waals surface area (Å²) in [5.41, 5.74) is -0.144. The number of alkyl carbamates (subject to hydrolysis) is 1. The van der Waals surface area contributed by atoms with Crippen LogP contribution in [0.1, 0.15) is 32.4 Å². The second-order valence-electron chi connectivity index (χ2n) is 5.33. The molecule has 0 heterocycles. The molecule has 0 aromatic heterocycles. The maximum Gasteiger partial charge on any atom is 0.408 e. The van der Waals surface area contributed by atoms with E-state index in [9.17, 15) is 14.9 Å². The summed E-state index contributed by atoms with van der Waals surface area (Å²) < 4.78 is 5.12. The Kier molecular flexibility index (Phi) is 5.98. The third kappa shape index (κ3) is 5.89. The van der Waals surface area contributed by atoms with Crippen molar-refractivity contribution in [2.45, 2.75) is 37.4 Å². The van der Waals surface area contributed by atoms with Gasteiger partial charge in [-0.3, -0.25) is 10.1 Å². The largest absolute Gasteiger partial charge is 0.444 e. The lowest BCUT2D eigenvalue weighted by molar-refractivity contribution is -0.497. The number of halogens is 2. The minimum absolute atomic E-state index is 0.502. The maximum absolute atomic E-state index is 11.8. The minimum atomic E-state index is -1.19. The van der Waals surface area contributed by atoms with E-state index in [0.717, 1.165) is 0 Å². The lowest BCUT2D eigenvalue weighted by Crippen LogP contribution is -2.40. The van der Waals surface area contributed by atoms with E-state index in [0.29, 0.717) is 10.6 Å². The zero-order valence-electron chi connectivity index (χ0n) is 11.8. The van der Waals surface area contributed by atoms with Crippen molar-refractivity contribution in [2.24, 2.45) is 0 Å². The Balaban J connectivity index is 2.95. The van der Waals surface area contributed by atoms with Gasteiger partial charge in [0, 0.05) is 9.95 Å². The molecule has 0 aliphatic heterocycles. The van der Waals surface area contributed by atoms with Crippen molar-refractivity contribution >= 4 is 33.6 Å². The fourth-order valence-corrected chi connectivity index (χ4v) is 2.10. The average molecular weight is 380 g/mol. The number of rotatable bonds is 4. The molecule has 8 heteroatoms. The predicted molar refractivity (Wildman–Crippen MR) is 83.3 cm³/mol. The van der Waals surface area contributed by atoms with Gasteiger partial charge in [0.05, 0.1) is 0 Å². The van der Waals surface area contributed by atoms with Crippen molar-refractivity contribution < 1.29 is 14.5 Å². The Morgan fingerprint density at radius 3 is 2.33 bits per heavy atom. The molecule has 0 saturated heterocycles. The summed E-state index contributed by atoms with van der Waals surface area (Å²) in [6.07, 6.45) is -0.728. The SMILES string of the molecule is CC(C)(C)OC(=O)N[C@H](c1ccc(Cl)cc1)C(Br)[N+](=O)[O-]. The van der Waals surface area contributed by atoms with E-state index < -0.39 is 27.6 Å². The van der Waals surface area contributed by atoms with Crippen molar-refractivity contribution in [3.05, 3.63) is 45.0 Å². The summed E-state index contributed by atoms with van der Waals surface area (Å²) in [4.78, 5) is 21.1. The Hall–Kier alpha value is -1.34. The van der Waals surface area contributed by atoms with Crippen LogP contribution in [0.4, 0.5) is 4.79 Å². The van der Waals surface area contributed by atoms with Gasteiger partial charge in [-0.25, -0.2) is 4.79 Å². The molecule has 2 atom stereocenters. The maximum atomic E-state index is 11.8. The van der Waals surface area contributed by atoms with Gasteiger partial charge in [0.1, 0.15) is 11.6 Å². The zero-order valence-corrected chi connectivity index (χ0v) is 14.1. The van der Waals surface area contributed by atoms with Crippen LogP contribution in [0.5, 0.6) is 0 Å². The van der Waals surface area contributed by atoms with Crippen molar-refractivity contribution in [1.29, 1.82) is 0 Å². The molecule has 0 spiro atoms. The number of ether oxygens (including phenoxy) is 1. The van der Waals surface area contributed by atoms with Crippen LogP contribution in [0.3, 0.4) is 0 Å². The molecule has 116 valence electrons. The highest BCUT2D eigenvalue weighted by atomic mass is 79.9. The van der Waals surface area contributed by atoms with E-state index in [4.69, 9.17) is 16.3 Å². The first kappa shape index (κ1) is 17.7. The zero-order chi connectivity index (χ0) is 16.2. The van der Waals surface area contributed by atoms with Crippen LogP contribution in [-0.2, 0) is 4.74 Å². The molecule has 0 aliphatic carbocycles. The standard InChI is InChI=1S/C13H16BrClN2O4/c1-13(2,3)21-12(18)16-10(11(14)17(19)20)8-4-6-9(15)7-5-8/h4-7,10-11H,1-3H3,(H,16,18)/t10-,11?/m1/s1. The highest BCUT2D eigenvalue weighted by Gasteiger charge is 2.32. The Morgan fingerprint density at radius 1 is 1.38 bits per heavy atom. The third-order valence-electron chi connectivity index (χ3n) is 2.38. The highest BCUT2D eigenvalue weighted by Crippen LogP contribution is 2.25. The molecule has 1 aromatic carbocycles. The molecular formula is C13H16BrClN2O4. The molecule has 1 amide bonds. The minimum Gasteiger partial charge on any atom is -0.444 e. The van der Waals surface area contributed by atoms with Crippen LogP contribution >= 0.6 is 27.5 Å². The van der Waals surface area contributed by atoms with Crippen LogP contribution in [0.15, 0.2) is 24.3 Å². The van der Waals surface area contributed by atoms with Crippen LogP contribution in [0.25, 0.3) is 0 Å². The summed E-state index contributed by atoms with van der Waals surface area (Å²) >= 11 is 8.76. The second kappa shape index (κ2) is 7.09. The topological polar surface area (TPSA) is 81.5 Å². The molecule has 0 aliphatic rings. The van der Waals surface area contributed by atoms with Crippen LogP contribution in [-0.4, -0.2) is 21.6 Å². The number of amides is 1. The monoisotopic (exact) mass is 378 g/mol. The molecule has 1 N–H and O–H groups in total. The fraction of sp³-hybridized carbons (Fsp3) is 0.462. The van der Waals surface area contributed by atoms with Crippen molar-refractivity contribution in [2.75, 3.05) is 0 Å². The van der Waals surface area contributed by atoms with Gasteiger partial charge >= 0.3 is 6.09 Å². The number of benzene rings is 1. The molecule has 21 heavy (non-hydrogen) atoms. The molecule has 0 fully saturated rings. The summed E-state index contributed by atoms with van der Waals surface area (Å²) in [5, 5.41) is 14.0. The molecule has 1 unspecified atom stereocenters. The number of nitro groups is 1. The smallest absolute Gasteiger partial charge is 0.408 e. The van der Waals surface area contributed by atoms with Crippen LogP contribution in [0, 0.1) is 10.1 Å². The summed E-state index contributed by atoms with van der Waals surface area (Å²) in [6, 6.07) is 5.54. The fourth-order valence-electron chi connectivity index (χ4n) is 1.54. The van der Waals surface area contributed by atoms with E-state index in [1.54, 1.807) is 45.0 Å². The quantitative estimate of drug-likeness (QED) is 0.372. The first-order valence-corrected chi connectivity index (χ1v) is 7.42. The Bertz CT molecular complexity index is 516. The van der Waals surface area contributed by atoms with E-state index in [-0.39, 0.29) is 0 Å². The van der Waals surface area contributed by atoms with E-state index in [2.05, 4.69) is 21.2 Å². The molecule has 0 bridgehead atoms. The lowest BCUT2D eigenvalue weighted by Gasteiger charge is -2.23. The molecule has 6 nitrogen and oxygen atoms in total. The summed E-state index contributed by atoms with van der Waals surface area (Å²) in [5.74, 6) is 0. The van der Waals surface area contributed by atoms with Gasteiger partial charge < -0.3 is 10.1 Å².